The third-order valence-corrected chi connectivity index (χ3v) is 3.30. The number of aromatic nitrogens is 2. The molecule has 0 unspecified atom stereocenters. The van der Waals surface area contributed by atoms with Crippen LogP contribution in [-0.2, 0) is 6.42 Å². The molecule has 0 aromatic carbocycles. The summed E-state index contributed by atoms with van der Waals surface area (Å²) in [6, 6.07) is 3.74. The number of furan rings is 1. The number of nitrogens with zero attached hydrogens (tertiary/aromatic N) is 2. The summed E-state index contributed by atoms with van der Waals surface area (Å²) in [5, 5.41) is 0.856. The van der Waals surface area contributed by atoms with E-state index in [1.807, 2.05) is 26.0 Å². The molecule has 2 heterocycles. The fourth-order valence-corrected chi connectivity index (χ4v) is 2.21. The van der Waals surface area contributed by atoms with Gasteiger partial charge in [-0.15, -0.1) is 0 Å². The minimum Gasteiger partial charge on any atom is -0.468 e. The number of nitrogen functional groups attached to an aromatic ring is 1. The molecule has 0 radical (unpaired) electrons. The van der Waals surface area contributed by atoms with Gasteiger partial charge in [0.25, 0.3) is 0 Å². The maximum Gasteiger partial charge on any atom is 0.144 e. The van der Waals surface area contributed by atoms with Gasteiger partial charge in [0.2, 0.25) is 0 Å². The molecule has 0 saturated heterocycles. The number of aryl methyl sites for hydroxylation is 2. The second-order valence-corrected chi connectivity index (χ2v) is 4.51. The van der Waals surface area contributed by atoms with E-state index in [2.05, 4.69) is 15.4 Å². The fourth-order valence-electron chi connectivity index (χ4n) is 1.35. The number of nitrogens with one attached hydrogen (secondary N) is 1. The molecular weight excluding hydrogens is 236 g/mol. The Labute approximate surface area is 104 Å². The van der Waals surface area contributed by atoms with Gasteiger partial charge in [0.1, 0.15) is 22.4 Å². The highest BCUT2D eigenvalue weighted by Gasteiger charge is 2.08. The lowest BCUT2D eigenvalue weighted by molar-refractivity contribution is 0.527. The summed E-state index contributed by atoms with van der Waals surface area (Å²) >= 11 is 1.54. The molecule has 0 aliphatic rings. The van der Waals surface area contributed by atoms with Crippen LogP contribution in [0.3, 0.4) is 0 Å². The Balaban J connectivity index is 2.29. The van der Waals surface area contributed by atoms with Gasteiger partial charge < -0.3 is 9.84 Å². The van der Waals surface area contributed by atoms with Gasteiger partial charge in [-0.3, -0.25) is 0 Å². The highest BCUT2D eigenvalue weighted by atomic mass is 32.2. The number of hydrazine groups is 1. The zero-order valence-corrected chi connectivity index (χ0v) is 10.5. The molecule has 0 spiro atoms. The first-order chi connectivity index (χ1) is 8.22. The Bertz CT molecular complexity index is 490. The van der Waals surface area contributed by atoms with Crippen LogP contribution in [0.4, 0.5) is 5.82 Å². The van der Waals surface area contributed by atoms with E-state index in [0.29, 0.717) is 5.82 Å². The quantitative estimate of drug-likeness (QED) is 0.493. The van der Waals surface area contributed by atoms with Crippen LogP contribution in [0.2, 0.25) is 0 Å². The van der Waals surface area contributed by atoms with Crippen LogP contribution in [0, 0.1) is 6.92 Å². The second-order valence-electron chi connectivity index (χ2n) is 3.45. The molecule has 0 bridgehead atoms. The normalized spacial score (nSPS) is 10.5. The summed E-state index contributed by atoms with van der Waals surface area (Å²) in [5.74, 6) is 7.65. The molecule has 2 aromatic heterocycles. The minimum absolute atomic E-state index is 0.625. The van der Waals surface area contributed by atoms with Crippen molar-refractivity contribution in [1.82, 2.24) is 9.97 Å². The summed E-state index contributed by atoms with van der Waals surface area (Å²) in [6.07, 6.45) is 2.44. The first-order valence-electron chi connectivity index (χ1n) is 5.29. The van der Waals surface area contributed by atoms with Crippen molar-refractivity contribution in [2.45, 2.75) is 30.2 Å². The first kappa shape index (κ1) is 11.9. The summed E-state index contributed by atoms with van der Waals surface area (Å²) in [4.78, 5) is 9.72. The van der Waals surface area contributed by atoms with Crippen LogP contribution in [0.1, 0.15) is 18.5 Å². The van der Waals surface area contributed by atoms with Crippen LogP contribution in [-0.4, -0.2) is 9.97 Å². The maximum absolute atomic E-state index is 5.38. The Kier molecular flexibility index (Phi) is 3.65. The summed E-state index contributed by atoms with van der Waals surface area (Å²) in [6.45, 7) is 3.93. The van der Waals surface area contributed by atoms with Crippen molar-refractivity contribution in [3.63, 3.8) is 0 Å². The summed E-state index contributed by atoms with van der Waals surface area (Å²) in [5.41, 5.74) is 2.55. The molecule has 0 amide bonds. The monoisotopic (exact) mass is 250 g/mol. The average Bonchev–Trinajstić information content (AvgIpc) is 2.74. The molecule has 2 rings (SSSR count). The highest BCUT2D eigenvalue weighted by molar-refractivity contribution is 7.99. The van der Waals surface area contributed by atoms with Crippen molar-refractivity contribution >= 4 is 17.6 Å². The topological polar surface area (TPSA) is 77.0 Å². The fraction of sp³-hybridized carbons (Fsp3) is 0.273. The molecule has 0 aliphatic heterocycles. The summed E-state index contributed by atoms with van der Waals surface area (Å²) in [7, 11) is 0. The van der Waals surface area contributed by atoms with E-state index in [1.165, 1.54) is 11.8 Å². The molecular formula is C11H14N4OS. The Hall–Kier alpha value is -1.53. The number of hydrogen-bond donors (Lipinski definition) is 2. The molecule has 17 heavy (non-hydrogen) atoms. The lowest BCUT2D eigenvalue weighted by Crippen LogP contribution is -2.10. The smallest absolute Gasteiger partial charge is 0.144 e. The molecule has 6 heteroatoms. The van der Waals surface area contributed by atoms with Crippen molar-refractivity contribution < 1.29 is 4.42 Å². The molecule has 0 saturated carbocycles. The molecule has 0 aliphatic carbocycles. The SMILES string of the molecule is CCc1nc(NN)cc(Sc2ccoc2C)n1. The number of nitrogens with two attached hydrogens (primary N) is 1. The van der Waals surface area contributed by atoms with Gasteiger partial charge in [0.05, 0.1) is 11.2 Å². The van der Waals surface area contributed by atoms with Crippen LogP contribution < -0.4 is 11.3 Å². The van der Waals surface area contributed by atoms with Gasteiger partial charge in [0, 0.05) is 12.5 Å². The van der Waals surface area contributed by atoms with Gasteiger partial charge in [-0.2, -0.15) is 0 Å². The lowest BCUT2D eigenvalue weighted by Gasteiger charge is -2.05. The molecule has 2 aromatic rings. The van der Waals surface area contributed by atoms with Crippen molar-refractivity contribution in [2.75, 3.05) is 5.43 Å². The van der Waals surface area contributed by atoms with Crippen LogP contribution in [0.25, 0.3) is 0 Å². The maximum atomic E-state index is 5.38. The average molecular weight is 250 g/mol. The van der Waals surface area contributed by atoms with E-state index in [9.17, 15) is 0 Å². The highest BCUT2D eigenvalue weighted by Crippen LogP contribution is 2.30. The van der Waals surface area contributed by atoms with Crippen molar-refractivity contribution in [3.05, 3.63) is 30.0 Å². The van der Waals surface area contributed by atoms with Crippen molar-refractivity contribution in [1.29, 1.82) is 0 Å². The third kappa shape index (κ3) is 2.78. The van der Waals surface area contributed by atoms with Crippen LogP contribution >= 0.6 is 11.8 Å². The van der Waals surface area contributed by atoms with Crippen LogP contribution in [0.15, 0.2) is 32.7 Å². The third-order valence-electron chi connectivity index (χ3n) is 2.24. The number of anilines is 1. The second kappa shape index (κ2) is 5.20. The predicted molar refractivity (Wildman–Crippen MR) is 66.8 cm³/mol. The molecule has 5 nitrogen and oxygen atoms in total. The predicted octanol–water partition coefficient (Wildman–Crippen LogP) is 2.38. The van der Waals surface area contributed by atoms with Gasteiger partial charge in [-0.05, 0) is 13.0 Å². The van der Waals surface area contributed by atoms with Gasteiger partial charge in [-0.1, -0.05) is 18.7 Å². The van der Waals surface area contributed by atoms with Gasteiger partial charge in [-0.25, -0.2) is 15.8 Å². The number of hydrogen-bond acceptors (Lipinski definition) is 6. The number of rotatable bonds is 4. The van der Waals surface area contributed by atoms with E-state index in [0.717, 1.165) is 27.9 Å². The van der Waals surface area contributed by atoms with E-state index >= 15 is 0 Å². The van der Waals surface area contributed by atoms with Crippen molar-refractivity contribution in [2.24, 2.45) is 5.84 Å². The Morgan fingerprint density at radius 2 is 2.29 bits per heavy atom. The Morgan fingerprint density at radius 3 is 2.88 bits per heavy atom. The van der Waals surface area contributed by atoms with Gasteiger partial charge >= 0.3 is 0 Å². The van der Waals surface area contributed by atoms with Crippen molar-refractivity contribution in [3.8, 4) is 0 Å². The van der Waals surface area contributed by atoms with E-state index in [-0.39, 0.29) is 0 Å². The van der Waals surface area contributed by atoms with E-state index in [4.69, 9.17) is 10.3 Å². The molecule has 0 atom stereocenters. The zero-order valence-electron chi connectivity index (χ0n) is 9.73. The minimum atomic E-state index is 0.625. The molecule has 90 valence electrons. The standard InChI is InChI=1S/C11H14N4OS/c1-3-9-13-10(15-12)6-11(14-9)17-8-4-5-16-7(8)2/h4-6H,3,12H2,1-2H3,(H,13,14,15). The van der Waals surface area contributed by atoms with E-state index in [1.54, 1.807) is 6.26 Å². The Morgan fingerprint density at radius 1 is 1.47 bits per heavy atom. The summed E-state index contributed by atoms with van der Waals surface area (Å²) < 4.78 is 5.25. The molecule has 3 N–H and O–H groups in total. The van der Waals surface area contributed by atoms with Crippen LogP contribution in [0.5, 0.6) is 0 Å². The van der Waals surface area contributed by atoms with Gasteiger partial charge in [0.15, 0.2) is 0 Å². The molecule has 0 fully saturated rings. The van der Waals surface area contributed by atoms with E-state index < -0.39 is 0 Å². The lowest BCUT2D eigenvalue weighted by atomic mass is 10.4. The zero-order chi connectivity index (χ0) is 12.3. The first-order valence-corrected chi connectivity index (χ1v) is 6.11. The largest absolute Gasteiger partial charge is 0.468 e.